The van der Waals surface area contributed by atoms with Gasteiger partial charge in [0.1, 0.15) is 5.76 Å². The Hall–Kier alpha value is -2.40. The Morgan fingerprint density at radius 1 is 1.46 bits per heavy atom. The first kappa shape index (κ1) is 16.5. The molecule has 24 heavy (non-hydrogen) atoms. The zero-order valence-electron chi connectivity index (χ0n) is 14.5. The van der Waals surface area contributed by atoms with Crippen LogP contribution in [0.15, 0.2) is 64.2 Å². The van der Waals surface area contributed by atoms with E-state index < -0.39 is 0 Å². The van der Waals surface area contributed by atoms with Crippen LogP contribution in [0.1, 0.15) is 25.3 Å². The fraction of sp³-hybridized carbons (Fsp3) is 0.368. The third-order valence-electron chi connectivity index (χ3n) is 4.23. The molecular weight excluding hydrogens is 300 g/mol. The fourth-order valence-corrected chi connectivity index (χ4v) is 2.84. The number of allylic oxidation sites excluding steroid dienone is 5. The molecule has 1 aromatic heterocycles. The number of hydrogen-bond donors (Lipinski definition) is 2. The average molecular weight is 324 g/mol. The number of nitrogens with zero attached hydrogens (tertiary/aromatic N) is 3. The minimum Gasteiger partial charge on any atom is -0.507 e. The van der Waals surface area contributed by atoms with Gasteiger partial charge in [-0.05, 0) is 37.0 Å². The van der Waals surface area contributed by atoms with Crippen LogP contribution < -0.4 is 5.32 Å². The summed E-state index contributed by atoms with van der Waals surface area (Å²) in [6.45, 7) is 2.85. The molecule has 5 nitrogen and oxygen atoms in total. The zero-order valence-corrected chi connectivity index (χ0v) is 14.5. The van der Waals surface area contributed by atoms with Crippen LogP contribution in [0.5, 0.6) is 0 Å². The van der Waals surface area contributed by atoms with Gasteiger partial charge in [0.05, 0.1) is 11.9 Å². The Morgan fingerprint density at radius 3 is 2.88 bits per heavy atom. The lowest BCUT2D eigenvalue weighted by Crippen LogP contribution is -2.19. The highest BCUT2D eigenvalue weighted by Crippen LogP contribution is 2.24. The van der Waals surface area contributed by atoms with Gasteiger partial charge in [-0.15, -0.1) is 0 Å². The average Bonchev–Trinajstić information content (AvgIpc) is 3.28. The second-order valence-electron chi connectivity index (χ2n) is 6.32. The van der Waals surface area contributed by atoms with Crippen LogP contribution in [0.2, 0.25) is 0 Å². The van der Waals surface area contributed by atoms with Crippen LogP contribution in [0, 0.1) is 0 Å². The van der Waals surface area contributed by atoms with Crippen molar-refractivity contribution in [1.29, 1.82) is 0 Å². The maximum absolute atomic E-state index is 10.5. The van der Waals surface area contributed by atoms with Crippen LogP contribution in [-0.2, 0) is 7.05 Å². The van der Waals surface area contributed by atoms with Crippen molar-refractivity contribution in [3.05, 3.63) is 64.7 Å². The molecule has 0 aliphatic heterocycles. The predicted octanol–water partition coefficient (Wildman–Crippen LogP) is 2.85. The van der Waals surface area contributed by atoms with Crippen molar-refractivity contribution in [3.8, 4) is 0 Å². The van der Waals surface area contributed by atoms with Crippen molar-refractivity contribution in [2.75, 3.05) is 13.6 Å². The molecule has 0 atom stereocenters. The maximum atomic E-state index is 10.5. The van der Waals surface area contributed by atoms with Crippen molar-refractivity contribution in [2.24, 2.45) is 12.0 Å². The van der Waals surface area contributed by atoms with Crippen molar-refractivity contribution in [2.45, 2.75) is 25.8 Å². The Balaban J connectivity index is 1.92. The third kappa shape index (κ3) is 3.74. The second kappa shape index (κ2) is 7.01. The van der Waals surface area contributed by atoms with Crippen molar-refractivity contribution in [1.82, 2.24) is 15.1 Å². The van der Waals surface area contributed by atoms with E-state index >= 15 is 0 Å². The molecular formula is C19H24N4O. The Morgan fingerprint density at radius 2 is 2.25 bits per heavy atom. The highest BCUT2D eigenvalue weighted by atomic mass is 16.3. The zero-order chi connectivity index (χ0) is 17.1. The summed E-state index contributed by atoms with van der Waals surface area (Å²) >= 11 is 0. The van der Waals surface area contributed by atoms with Gasteiger partial charge >= 0.3 is 0 Å². The van der Waals surface area contributed by atoms with Crippen molar-refractivity contribution < 1.29 is 5.11 Å². The van der Waals surface area contributed by atoms with E-state index in [-0.39, 0.29) is 5.76 Å². The van der Waals surface area contributed by atoms with Crippen molar-refractivity contribution >= 4 is 5.71 Å². The standard InChI is InChI=1S/C19H24N4O/c1-13-9-14(10-21-16-7-8-16)5-4-6-17(24)18(13)19(20-2)15-11-22-23(3)12-15/h4-6,9,11-12,16,21,24H,7-8,10H2,1-3H3/b5-4?,6-4?,13-9-,14-5-,14-9?,17-6?,18-13?,18-17?,20-19-. The largest absolute Gasteiger partial charge is 0.507 e. The molecule has 2 aliphatic carbocycles. The molecule has 1 fully saturated rings. The molecule has 2 N–H and O–H groups in total. The van der Waals surface area contributed by atoms with E-state index in [9.17, 15) is 5.11 Å². The van der Waals surface area contributed by atoms with Gasteiger partial charge in [-0.25, -0.2) is 0 Å². The fourth-order valence-electron chi connectivity index (χ4n) is 2.84. The quantitative estimate of drug-likeness (QED) is 0.819. The maximum Gasteiger partial charge on any atom is 0.125 e. The SMILES string of the molecule is C/N=C(\C1=C(O)C=C/C=C(CNC2CC2)/C=C\1C)c1cnn(C)c1. The normalized spacial score (nSPS) is 23.4. The van der Waals surface area contributed by atoms with Gasteiger partial charge in [0.15, 0.2) is 0 Å². The summed E-state index contributed by atoms with van der Waals surface area (Å²) in [4.78, 5) is 4.41. The van der Waals surface area contributed by atoms with Crippen molar-refractivity contribution in [3.63, 3.8) is 0 Å². The number of aliphatic hydroxyl groups is 1. The number of aliphatic imine (C=N–C) groups is 1. The van der Waals surface area contributed by atoms with Gasteiger partial charge in [0.25, 0.3) is 0 Å². The molecule has 0 amide bonds. The van der Waals surface area contributed by atoms with Gasteiger partial charge in [-0.1, -0.05) is 18.2 Å². The molecule has 0 bridgehead atoms. The molecule has 0 spiro atoms. The van der Waals surface area contributed by atoms with Gasteiger partial charge in [-0.2, -0.15) is 5.10 Å². The molecule has 0 unspecified atom stereocenters. The van der Waals surface area contributed by atoms with E-state index in [0.29, 0.717) is 6.04 Å². The molecule has 2 aliphatic rings. The van der Waals surface area contributed by atoms with Gasteiger partial charge in [-0.3, -0.25) is 9.67 Å². The second-order valence-corrected chi connectivity index (χ2v) is 6.32. The molecule has 0 aromatic carbocycles. The summed E-state index contributed by atoms with van der Waals surface area (Å²) in [7, 11) is 3.61. The number of nitrogens with one attached hydrogen (secondary N) is 1. The van der Waals surface area contributed by atoms with E-state index in [2.05, 4.69) is 21.5 Å². The smallest absolute Gasteiger partial charge is 0.125 e. The summed E-state index contributed by atoms with van der Waals surface area (Å²) < 4.78 is 1.74. The molecule has 5 heteroatoms. The molecule has 126 valence electrons. The van der Waals surface area contributed by atoms with Crippen LogP contribution in [-0.4, -0.2) is 40.2 Å². The first-order valence-corrected chi connectivity index (χ1v) is 8.27. The number of rotatable bonds is 5. The van der Waals surface area contributed by atoms with E-state index in [1.165, 1.54) is 18.4 Å². The Bertz CT molecular complexity index is 773. The Kier molecular flexibility index (Phi) is 4.81. The summed E-state index contributed by atoms with van der Waals surface area (Å²) in [6.07, 6.45) is 14.0. The molecule has 1 heterocycles. The van der Waals surface area contributed by atoms with Crippen LogP contribution in [0.3, 0.4) is 0 Å². The van der Waals surface area contributed by atoms with Crippen LogP contribution >= 0.6 is 0 Å². The van der Waals surface area contributed by atoms with Crippen LogP contribution in [0.4, 0.5) is 0 Å². The van der Waals surface area contributed by atoms with Gasteiger partial charge < -0.3 is 10.4 Å². The highest BCUT2D eigenvalue weighted by molar-refractivity contribution is 6.15. The van der Waals surface area contributed by atoms with Gasteiger partial charge in [0.2, 0.25) is 0 Å². The lowest BCUT2D eigenvalue weighted by Gasteiger charge is -2.14. The summed E-state index contributed by atoms with van der Waals surface area (Å²) in [5.41, 5.74) is 4.58. The monoisotopic (exact) mass is 324 g/mol. The predicted molar refractivity (Wildman–Crippen MR) is 97.3 cm³/mol. The molecule has 3 rings (SSSR count). The highest BCUT2D eigenvalue weighted by Gasteiger charge is 2.21. The van der Waals surface area contributed by atoms with E-state index in [0.717, 1.165) is 29.0 Å². The van der Waals surface area contributed by atoms with E-state index in [4.69, 9.17) is 0 Å². The van der Waals surface area contributed by atoms with Crippen LogP contribution in [0.25, 0.3) is 0 Å². The molecule has 1 aromatic rings. The molecule has 1 saturated carbocycles. The van der Waals surface area contributed by atoms with Gasteiger partial charge in [0, 0.05) is 44.0 Å². The summed E-state index contributed by atoms with van der Waals surface area (Å²) in [5.74, 6) is 0.221. The Labute approximate surface area is 142 Å². The first-order valence-electron chi connectivity index (χ1n) is 8.27. The number of hydrogen-bond acceptors (Lipinski definition) is 4. The number of aryl methyl sites for hydroxylation is 1. The van der Waals surface area contributed by atoms with E-state index in [1.54, 1.807) is 24.0 Å². The summed E-state index contributed by atoms with van der Waals surface area (Å²) in [5, 5.41) is 18.3. The lowest BCUT2D eigenvalue weighted by molar-refractivity contribution is 0.429. The van der Waals surface area contributed by atoms with E-state index in [1.807, 2.05) is 32.3 Å². The minimum absolute atomic E-state index is 0.221. The molecule has 0 radical (unpaired) electrons. The lowest BCUT2D eigenvalue weighted by atomic mass is 9.94. The number of aliphatic hydroxyl groups excluding tert-OH is 1. The summed E-state index contributed by atoms with van der Waals surface area (Å²) in [6, 6.07) is 0.667. The molecule has 0 saturated heterocycles. The minimum atomic E-state index is 0.221. The first-order chi connectivity index (χ1) is 11.6. The number of aromatic nitrogens is 2. The topological polar surface area (TPSA) is 62.4 Å². The third-order valence-corrected chi connectivity index (χ3v) is 4.23.